The minimum Gasteiger partial charge on any atom is -0.294 e. The minimum absolute atomic E-state index is 0.0828. The van der Waals surface area contributed by atoms with Crippen LogP contribution in [-0.4, -0.2) is 12.9 Å². The van der Waals surface area contributed by atoms with Crippen molar-refractivity contribution in [2.24, 2.45) is 0 Å². The molecular formula is C13H11F2NO2S2. The first-order chi connectivity index (χ1) is 9.51. The first-order valence-electron chi connectivity index (χ1n) is 5.58. The summed E-state index contributed by atoms with van der Waals surface area (Å²) in [5, 5.41) is 0. The summed E-state index contributed by atoms with van der Waals surface area (Å²) in [5.41, 5.74) is 3.22. The van der Waals surface area contributed by atoms with Gasteiger partial charge >= 0.3 is 0 Å². The number of carbonyl (C=O) groups excluding carboxylic acids is 1. The second-order valence-corrected chi connectivity index (χ2v) is 6.21. The lowest BCUT2D eigenvalue weighted by Gasteiger charge is -2.05. The highest BCUT2D eigenvalue weighted by Gasteiger charge is 2.15. The molecule has 0 fully saturated rings. The maximum Gasteiger partial charge on any atom is 0.169 e. The van der Waals surface area contributed by atoms with Crippen molar-refractivity contribution >= 4 is 34.6 Å². The quantitative estimate of drug-likeness (QED) is 0.657. The van der Waals surface area contributed by atoms with E-state index in [2.05, 4.69) is 5.48 Å². The molecule has 0 aliphatic rings. The van der Waals surface area contributed by atoms with Crippen LogP contribution >= 0.6 is 23.1 Å². The number of anilines is 1. The number of hydrogen-bond donors (Lipinski definition) is 1. The highest BCUT2D eigenvalue weighted by atomic mass is 32.2. The van der Waals surface area contributed by atoms with Crippen molar-refractivity contribution < 1.29 is 18.4 Å². The molecule has 0 unspecified atom stereocenters. The Morgan fingerprint density at radius 2 is 2.10 bits per heavy atom. The van der Waals surface area contributed by atoms with Gasteiger partial charge in [0.05, 0.1) is 21.9 Å². The van der Waals surface area contributed by atoms with Crippen LogP contribution in [0.5, 0.6) is 0 Å². The summed E-state index contributed by atoms with van der Waals surface area (Å²) in [7, 11) is 1.44. The number of benzene rings is 1. The smallest absolute Gasteiger partial charge is 0.169 e. The molecule has 0 saturated carbocycles. The van der Waals surface area contributed by atoms with Crippen LogP contribution in [0.1, 0.15) is 16.6 Å². The monoisotopic (exact) mass is 315 g/mol. The van der Waals surface area contributed by atoms with Gasteiger partial charge < -0.3 is 0 Å². The average molecular weight is 315 g/mol. The van der Waals surface area contributed by atoms with Gasteiger partial charge in [0.25, 0.3) is 0 Å². The fourth-order valence-corrected chi connectivity index (χ4v) is 3.60. The van der Waals surface area contributed by atoms with Crippen LogP contribution < -0.4 is 5.48 Å². The summed E-state index contributed by atoms with van der Waals surface area (Å²) in [4.78, 5) is 17.0. The van der Waals surface area contributed by atoms with Gasteiger partial charge in [-0.2, -0.15) is 0 Å². The van der Waals surface area contributed by atoms with E-state index in [1.165, 1.54) is 37.5 Å². The number of thiophene rings is 1. The number of halogens is 2. The van der Waals surface area contributed by atoms with E-state index in [9.17, 15) is 13.6 Å². The van der Waals surface area contributed by atoms with Gasteiger partial charge in [0, 0.05) is 11.0 Å². The average Bonchev–Trinajstić information content (AvgIpc) is 2.77. The van der Waals surface area contributed by atoms with Gasteiger partial charge in [-0.15, -0.1) is 11.3 Å². The normalized spacial score (nSPS) is 10.6. The van der Waals surface area contributed by atoms with Crippen LogP contribution in [0, 0.1) is 11.6 Å². The van der Waals surface area contributed by atoms with Crippen molar-refractivity contribution in [3.63, 3.8) is 0 Å². The zero-order chi connectivity index (χ0) is 14.7. The first kappa shape index (κ1) is 15.0. The van der Waals surface area contributed by atoms with E-state index in [0.717, 1.165) is 17.8 Å². The molecule has 0 amide bonds. The number of ketones is 1. The molecule has 20 heavy (non-hydrogen) atoms. The Labute approximate surface area is 122 Å². The summed E-state index contributed by atoms with van der Waals surface area (Å²) in [6, 6.07) is 5.01. The molecule has 0 aliphatic carbocycles. The van der Waals surface area contributed by atoms with Crippen LogP contribution in [0.25, 0.3) is 0 Å². The molecule has 1 aromatic carbocycles. The van der Waals surface area contributed by atoms with Crippen LogP contribution in [0.3, 0.4) is 0 Å². The lowest BCUT2D eigenvalue weighted by molar-refractivity contribution is 0.102. The summed E-state index contributed by atoms with van der Waals surface area (Å²) >= 11 is 2.34. The highest BCUT2D eigenvalue weighted by Crippen LogP contribution is 2.41. The second kappa shape index (κ2) is 6.34. The molecule has 1 heterocycles. The fourth-order valence-electron chi connectivity index (χ4n) is 1.46. The van der Waals surface area contributed by atoms with Crippen molar-refractivity contribution in [1.29, 1.82) is 0 Å². The van der Waals surface area contributed by atoms with Gasteiger partial charge in [-0.05, 0) is 25.1 Å². The molecule has 0 bridgehead atoms. The van der Waals surface area contributed by atoms with E-state index in [0.29, 0.717) is 14.8 Å². The SMILES string of the molecule is CONc1cc(C(C)=O)sc1Sc1ccc(F)cc1F. The van der Waals surface area contributed by atoms with Gasteiger partial charge in [0.2, 0.25) is 0 Å². The molecule has 0 atom stereocenters. The van der Waals surface area contributed by atoms with Gasteiger partial charge in [0.15, 0.2) is 5.78 Å². The van der Waals surface area contributed by atoms with Gasteiger partial charge in [-0.1, -0.05) is 11.8 Å². The van der Waals surface area contributed by atoms with Crippen LogP contribution in [0.2, 0.25) is 0 Å². The molecule has 2 rings (SSSR count). The van der Waals surface area contributed by atoms with Crippen LogP contribution in [0.15, 0.2) is 33.4 Å². The molecule has 106 valence electrons. The predicted molar refractivity (Wildman–Crippen MR) is 75.4 cm³/mol. The summed E-state index contributed by atoms with van der Waals surface area (Å²) in [5.74, 6) is -1.35. The topological polar surface area (TPSA) is 38.3 Å². The third-order valence-electron chi connectivity index (χ3n) is 2.35. The molecule has 1 aromatic heterocycles. The molecule has 7 heteroatoms. The van der Waals surface area contributed by atoms with Crippen molar-refractivity contribution in [3.05, 3.63) is 40.8 Å². The highest BCUT2D eigenvalue weighted by molar-refractivity contribution is 8.01. The Morgan fingerprint density at radius 1 is 1.35 bits per heavy atom. The molecule has 1 N–H and O–H groups in total. The van der Waals surface area contributed by atoms with Crippen LogP contribution in [0.4, 0.5) is 14.5 Å². The molecule has 0 aliphatic heterocycles. The Kier molecular flexibility index (Phi) is 4.74. The maximum absolute atomic E-state index is 13.6. The van der Waals surface area contributed by atoms with Crippen molar-refractivity contribution in [1.82, 2.24) is 0 Å². The van der Waals surface area contributed by atoms with Crippen molar-refractivity contribution in [3.8, 4) is 0 Å². The fraction of sp³-hybridized carbons (Fsp3) is 0.154. The largest absolute Gasteiger partial charge is 0.294 e. The zero-order valence-electron chi connectivity index (χ0n) is 10.7. The minimum atomic E-state index is -0.642. The van der Waals surface area contributed by atoms with E-state index in [-0.39, 0.29) is 10.7 Å². The second-order valence-electron chi connectivity index (χ2n) is 3.85. The van der Waals surface area contributed by atoms with E-state index in [1.807, 2.05) is 0 Å². The number of carbonyl (C=O) groups is 1. The van der Waals surface area contributed by atoms with Gasteiger partial charge in [0.1, 0.15) is 11.6 Å². The molecule has 0 saturated heterocycles. The Morgan fingerprint density at radius 3 is 2.70 bits per heavy atom. The molecule has 0 radical (unpaired) electrons. The zero-order valence-corrected chi connectivity index (χ0v) is 12.3. The molecule has 0 spiro atoms. The Bertz CT molecular complexity index is 643. The van der Waals surface area contributed by atoms with E-state index in [1.54, 1.807) is 6.07 Å². The summed E-state index contributed by atoms with van der Waals surface area (Å²) < 4.78 is 27.2. The van der Waals surface area contributed by atoms with Crippen molar-refractivity contribution in [2.45, 2.75) is 16.0 Å². The molecular weight excluding hydrogens is 304 g/mol. The Balaban J connectivity index is 2.33. The van der Waals surface area contributed by atoms with E-state index in [4.69, 9.17) is 4.84 Å². The predicted octanol–water partition coefficient (Wildman–Crippen LogP) is 4.35. The molecule has 3 nitrogen and oxygen atoms in total. The maximum atomic E-state index is 13.6. The van der Waals surface area contributed by atoms with E-state index < -0.39 is 11.6 Å². The summed E-state index contributed by atoms with van der Waals surface area (Å²) in [6.07, 6.45) is 0. The van der Waals surface area contributed by atoms with E-state index >= 15 is 0 Å². The number of Topliss-reactive ketones (excluding diaryl/α,β-unsaturated/α-hetero) is 1. The summed E-state index contributed by atoms with van der Waals surface area (Å²) in [6.45, 7) is 1.45. The molecule has 2 aromatic rings. The number of nitrogens with one attached hydrogen (secondary N) is 1. The van der Waals surface area contributed by atoms with Gasteiger partial charge in [-0.25, -0.2) is 8.78 Å². The van der Waals surface area contributed by atoms with Gasteiger partial charge in [-0.3, -0.25) is 15.1 Å². The third-order valence-corrected chi connectivity index (χ3v) is 4.84. The van der Waals surface area contributed by atoms with Crippen LogP contribution in [-0.2, 0) is 4.84 Å². The lowest BCUT2D eigenvalue weighted by atomic mass is 10.3. The standard InChI is InChI=1S/C13H11F2NO2S2/c1-7(17)12-6-10(16-18-2)13(20-12)19-11-4-3-8(14)5-9(11)15/h3-6,16H,1-2H3. The number of hydrogen-bond acceptors (Lipinski definition) is 5. The lowest BCUT2D eigenvalue weighted by Crippen LogP contribution is -1.95. The first-order valence-corrected chi connectivity index (χ1v) is 7.21. The number of rotatable bonds is 5. The van der Waals surface area contributed by atoms with Crippen molar-refractivity contribution in [2.75, 3.05) is 12.6 Å². The third kappa shape index (κ3) is 3.36. The Hall–Kier alpha value is -1.44.